The lowest BCUT2D eigenvalue weighted by molar-refractivity contribution is -0.123. The molecule has 0 spiro atoms. The Bertz CT molecular complexity index is 275. The summed E-state index contributed by atoms with van der Waals surface area (Å²) in [6.07, 6.45) is 8.72. The first-order valence-electron chi connectivity index (χ1n) is 8.56. The van der Waals surface area contributed by atoms with Gasteiger partial charge in [0, 0.05) is 13.0 Å². The molecule has 0 saturated carbocycles. The maximum Gasteiger partial charge on any atom is 0.221 e. The minimum atomic E-state index is -1.69. The van der Waals surface area contributed by atoms with Gasteiger partial charge in [0.2, 0.25) is 5.91 Å². The van der Waals surface area contributed by atoms with Crippen LogP contribution in [0, 0.1) is 5.21 Å². The first-order valence-corrected chi connectivity index (χ1v) is 8.56. The molecule has 6 heteroatoms. The third kappa shape index (κ3) is 13.0. The van der Waals surface area contributed by atoms with Gasteiger partial charge in [0.15, 0.2) is 6.29 Å². The van der Waals surface area contributed by atoms with Crippen LogP contribution in [0.25, 0.3) is 0 Å². The molecule has 0 aliphatic carbocycles. The second-order valence-corrected chi connectivity index (χ2v) is 5.90. The topological polar surface area (TPSA) is 95.9 Å². The smallest absolute Gasteiger partial charge is 0.221 e. The van der Waals surface area contributed by atoms with Crippen LogP contribution in [0.2, 0.25) is 0 Å². The summed E-state index contributed by atoms with van der Waals surface area (Å²) in [6.45, 7) is 3.31. The maximum atomic E-state index is 11.6. The zero-order chi connectivity index (χ0) is 16.8. The molecule has 0 aromatic carbocycles. The highest BCUT2D eigenvalue weighted by molar-refractivity contribution is 5.76. The zero-order valence-electron chi connectivity index (χ0n) is 14.1. The minimum absolute atomic E-state index is 0.163. The Morgan fingerprint density at radius 3 is 2.05 bits per heavy atom. The van der Waals surface area contributed by atoms with Crippen molar-refractivity contribution in [3.8, 4) is 0 Å². The van der Waals surface area contributed by atoms with E-state index >= 15 is 0 Å². The summed E-state index contributed by atoms with van der Waals surface area (Å²) in [5.74, 6) is -0.163. The van der Waals surface area contributed by atoms with E-state index in [9.17, 15) is 10.0 Å². The van der Waals surface area contributed by atoms with Crippen molar-refractivity contribution in [1.29, 1.82) is 0 Å². The molecule has 0 heterocycles. The van der Waals surface area contributed by atoms with Crippen molar-refractivity contribution in [3.63, 3.8) is 0 Å². The number of carbonyl (C=O) groups excluding carboxylic acids is 1. The van der Waals surface area contributed by atoms with Crippen LogP contribution < -0.4 is 5.32 Å². The number of aliphatic hydroxyl groups is 2. The molecule has 1 amide bonds. The van der Waals surface area contributed by atoms with Crippen molar-refractivity contribution in [3.05, 3.63) is 5.21 Å². The van der Waals surface area contributed by atoms with Crippen molar-refractivity contribution < 1.29 is 15.0 Å². The molecule has 0 radical (unpaired) electrons. The normalized spacial score (nSPS) is 12.9. The molecule has 22 heavy (non-hydrogen) atoms. The highest BCUT2D eigenvalue weighted by Gasteiger charge is 2.10. The standard InChI is InChI=1S/C16H33N2O4/c1-3-4-5-6-7-8-9-10-11-12-15(19)17-14(2)18(22)13-16(20)21/h14,16,20-21H,3-13H2,1-2H3,(H,17,19)/q-1. The van der Waals surface area contributed by atoms with Crippen LogP contribution in [0.1, 0.15) is 78.1 Å². The molecule has 0 saturated heterocycles. The molecule has 0 rings (SSSR count). The van der Waals surface area contributed by atoms with E-state index in [-0.39, 0.29) is 5.91 Å². The molecule has 0 aliphatic rings. The number of rotatable bonds is 14. The number of nitrogens with one attached hydrogen (secondary N) is 1. The molecule has 6 nitrogen and oxygen atoms in total. The van der Waals surface area contributed by atoms with Gasteiger partial charge in [-0.1, -0.05) is 58.3 Å². The Hall–Kier alpha value is -0.690. The van der Waals surface area contributed by atoms with Gasteiger partial charge in [-0.15, -0.1) is 0 Å². The Labute approximate surface area is 134 Å². The van der Waals surface area contributed by atoms with Gasteiger partial charge < -0.3 is 25.8 Å². The fraction of sp³-hybridized carbons (Fsp3) is 0.938. The monoisotopic (exact) mass is 317 g/mol. The van der Waals surface area contributed by atoms with Crippen LogP contribution in [-0.2, 0) is 4.79 Å². The summed E-state index contributed by atoms with van der Waals surface area (Å²) in [4.78, 5) is 11.6. The first-order chi connectivity index (χ1) is 10.5. The van der Waals surface area contributed by atoms with Crippen LogP contribution in [0.15, 0.2) is 0 Å². The summed E-state index contributed by atoms with van der Waals surface area (Å²) in [7, 11) is 0. The van der Waals surface area contributed by atoms with Gasteiger partial charge in [-0.05, 0) is 13.3 Å². The second kappa shape index (κ2) is 13.9. The molecule has 1 unspecified atom stereocenters. The summed E-state index contributed by atoms with van der Waals surface area (Å²) < 4.78 is 0. The Kier molecular flexibility index (Phi) is 13.5. The number of hydroxylamine groups is 2. The van der Waals surface area contributed by atoms with Crippen molar-refractivity contribution >= 4 is 5.91 Å². The summed E-state index contributed by atoms with van der Waals surface area (Å²) in [5.41, 5.74) is 0. The summed E-state index contributed by atoms with van der Waals surface area (Å²) in [6, 6.07) is 0. The number of aliphatic hydroxyl groups excluding tert-OH is 1. The van der Waals surface area contributed by atoms with E-state index in [0.29, 0.717) is 11.5 Å². The molecular weight excluding hydrogens is 284 g/mol. The van der Waals surface area contributed by atoms with E-state index < -0.39 is 19.0 Å². The molecule has 0 aromatic heterocycles. The van der Waals surface area contributed by atoms with E-state index in [1.807, 2.05) is 0 Å². The fourth-order valence-electron chi connectivity index (χ4n) is 2.29. The average Bonchev–Trinajstić information content (AvgIpc) is 2.44. The third-order valence-corrected chi connectivity index (χ3v) is 3.65. The highest BCUT2D eigenvalue weighted by atomic mass is 16.5. The molecule has 0 bridgehead atoms. The van der Waals surface area contributed by atoms with Gasteiger partial charge in [0.1, 0.15) is 0 Å². The van der Waals surface area contributed by atoms with Gasteiger partial charge in [0.05, 0.1) is 6.17 Å². The van der Waals surface area contributed by atoms with Crippen LogP contribution in [0.4, 0.5) is 0 Å². The van der Waals surface area contributed by atoms with Gasteiger partial charge in [0.25, 0.3) is 0 Å². The van der Waals surface area contributed by atoms with Crippen LogP contribution in [0.5, 0.6) is 0 Å². The fourth-order valence-corrected chi connectivity index (χ4v) is 2.29. The lowest BCUT2D eigenvalue weighted by Gasteiger charge is -2.35. The van der Waals surface area contributed by atoms with Gasteiger partial charge >= 0.3 is 0 Å². The molecule has 0 aromatic rings. The van der Waals surface area contributed by atoms with Gasteiger partial charge in [-0.25, -0.2) is 0 Å². The SMILES string of the molecule is CCCCCCCCCCCC(=O)NC(C)N([O-])CC(O)O. The predicted molar refractivity (Wildman–Crippen MR) is 87.7 cm³/mol. The zero-order valence-corrected chi connectivity index (χ0v) is 14.1. The van der Waals surface area contributed by atoms with Crippen LogP contribution >= 0.6 is 0 Å². The Balaban J connectivity index is 3.49. The minimum Gasteiger partial charge on any atom is -0.784 e. The van der Waals surface area contributed by atoms with Crippen molar-refractivity contribution in [1.82, 2.24) is 10.4 Å². The number of unbranched alkanes of at least 4 members (excludes halogenated alkanes) is 8. The third-order valence-electron chi connectivity index (χ3n) is 3.65. The van der Waals surface area contributed by atoms with Gasteiger partial charge in [-0.3, -0.25) is 4.79 Å². The van der Waals surface area contributed by atoms with E-state index in [1.54, 1.807) is 0 Å². The number of amides is 1. The average molecular weight is 317 g/mol. The Morgan fingerprint density at radius 2 is 1.55 bits per heavy atom. The number of hydrogen-bond donors (Lipinski definition) is 3. The van der Waals surface area contributed by atoms with Crippen molar-refractivity contribution in [2.45, 2.75) is 90.5 Å². The number of carbonyl (C=O) groups is 1. The van der Waals surface area contributed by atoms with E-state index in [2.05, 4.69) is 12.2 Å². The quantitative estimate of drug-likeness (QED) is 0.260. The highest BCUT2D eigenvalue weighted by Crippen LogP contribution is 2.10. The van der Waals surface area contributed by atoms with Crippen molar-refractivity contribution in [2.75, 3.05) is 6.54 Å². The van der Waals surface area contributed by atoms with Crippen LogP contribution in [0.3, 0.4) is 0 Å². The lowest BCUT2D eigenvalue weighted by Crippen LogP contribution is -2.45. The van der Waals surface area contributed by atoms with E-state index in [0.717, 1.165) is 19.3 Å². The van der Waals surface area contributed by atoms with Crippen LogP contribution in [-0.4, -0.2) is 40.2 Å². The van der Waals surface area contributed by atoms with E-state index in [1.165, 1.54) is 45.4 Å². The maximum absolute atomic E-state index is 11.6. The van der Waals surface area contributed by atoms with Gasteiger partial charge in [-0.2, -0.15) is 0 Å². The largest absolute Gasteiger partial charge is 0.784 e. The Morgan fingerprint density at radius 1 is 1.05 bits per heavy atom. The second-order valence-electron chi connectivity index (χ2n) is 5.90. The van der Waals surface area contributed by atoms with E-state index in [4.69, 9.17) is 10.2 Å². The summed E-state index contributed by atoms with van der Waals surface area (Å²) >= 11 is 0. The molecular formula is C16H33N2O4-. The molecule has 132 valence electrons. The predicted octanol–water partition coefficient (Wildman–Crippen LogP) is 2.48. The van der Waals surface area contributed by atoms with Crippen molar-refractivity contribution in [2.24, 2.45) is 0 Å². The lowest BCUT2D eigenvalue weighted by atomic mass is 10.1. The number of hydrogen-bond acceptors (Lipinski definition) is 5. The number of nitrogens with zero attached hydrogens (tertiary/aromatic N) is 1. The molecule has 1 atom stereocenters. The molecule has 0 aliphatic heterocycles. The first kappa shape index (κ1) is 21.3. The summed E-state index contributed by atoms with van der Waals surface area (Å²) in [5, 5.41) is 31.8. The molecule has 0 fully saturated rings. The molecule has 3 N–H and O–H groups in total.